The van der Waals surface area contributed by atoms with Crippen LogP contribution in [0, 0.1) is 0 Å². The molecule has 1 rings (SSSR count). The summed E-state index contributed by atoms with van der Waals surface area (Å²) in [6.45, 7) is 2.06. The molecule has 0 heterocycles. The normalized spacial score (nSPS) is 15.8. The third-order valence-corrected chi connectivity index (χ3v) is 3.57. The van der Waals surface area contributed by atoms with Gasteiger partial charge in [-0.25, -0.2) is 0 Å². The summed E-state index contributed by atoms with van der Waals surface area (Å²) in [5, 5.41) is 9.83. The Bertz CT molecular complexity index is 248. The van der Waals surface area contributed by atoms with Crippen LogP contribution in [0.3, 0.4) is 0 Å². The quantitative estimate of drug-likeness (QED) is 0.608. The second kappa shape index (κ2) is 5.50. The molecule has 1 N–H and O–H groups in total. The van der Waals surface area contributed by atoms with Gasteiger partial charge < -0.3 is 5.11 Å². The van der Waals surface area contributed by atoms with E-state index in [1.54, 1.807) is 0 Å². The summed E-state index contributed by atoms with van der Waals surface area (Å²) in [6.07, 6.45) is -0.274. The highest BCUT2D eigenvalue weighted by Gasteiger charge is 2.20. The molecule has 3 heteroatoms. The Labute approximate surface area is 106 Å². The maximum absolute atomic E-state index is 9.83. The molecule has 0 aliphatic rings. The summed E-state index contributed by atoms with van der Waals surface area (Å²) in [5.41, 5.74) is 1.20. The van der Waals surface area contributed by atoms with E-state index in [1.165, 1.54) is 5.56 Å². The Morgan fingerprint density at radius 1 is 1.15 bits per heavy atom. The van der Waals surface area contributed by atoms with Crippen LogP contribution in [0.4, 0.5) is 0 Å². The van der Waals surface area contributed by atoms with Gasteiger partial charge in [0, 0.05) is 5.92 Å². The molecule has 1 nitrogen and oxygen atoms in total. The van der Waals surface area contributed by atoms with Crippen molar-refractivity contribution in [3.8, 4) is 0 Å². The lowest BCUT2D eigenvalue weighted by Gasteiger charge is -2.20. The molecule has 0 radical (unpaired) electrons. The number of rotatable bonds is 3. The van der Waals surface area contributed by atoms with E-state index in [0.717, 1.165) is 0 Å². The van der Waals surface area contributed by atoms with Crippen molar-refractivity contribution in [3.05, 3.63) is 35.9 Å². The molecule has 0 saturated heterocycles. The van der Waals surface area contributed by atoms with E-state index in [2.05, 4.69) is 64.2 Å². The highest BCUT2D eigenvalue weighted by molar-refractivity contribution is 14.2. The fourth-order valence-corrected chi connectivity index (χ4v) is 2.42. The molecule has 0 aromatic heterocycles. The van der Waals surface area contributed by atoms with E-state index in [-0.39, 0.29) is 14.0 Å². The molecule has 2 unspecified atom stereocenters. The lowest BCUT2D eigenvalue weighted by Crippen LogP contribution is -2.21. The van der Waals surface area contributed by atoms with E-state index in [4.69, 9.17) is 0 Å². The van der Waals surface area contributed by atoms with Crippen LogP contribution in [-0.2, 0) is 0 Å². The Kier molecular flexibility index (Phi) is 4.96. The van der Waals surface area contributed by atoms with Crippen molar-refractivity contribution in [2.24, 2.45) is 0 Å². The maximum atomic E-state index is 9.83. The topological polar surface area (TPSA) is 20.2 Å². The smallest absolute Gasteiger partial charge is 0.0890 e. The van der Waals surface area contributed by atoms with Crippen LogP contribution in [0.15, 0.2) is 30.3 Å². The van der Waals surface area contributed by atoms with Gasteiger partial charge >= 0.3 is 0 Å². The first-order valence-electron chi connectivity index (χ1n) is 4.14. The van der Waals surface area contributed by atoms with Gasteiger partial charge in [-0.3, -0.25) is 0 Å². The van der Waals surface area contributed by atoms with Gasteiger partial charge in [-0.15, -0.1) is 0 Å². The Morgan fingerprint density at radius 3 is 2.15 bits per heavy atom. The zero-order valence-electron chi connectivity index (χ0n) is 7.32. The summed E-state index contributed by atoms with van der Waals surface area (Å²) in [6, 6.07) is 10.1. The summed E-state index contributed by atoms with van der Waals surface area (Å²) < 4.78 is 0.255. The van der Waals surface area contributed by atoms with Crippen LogP contribution in [0.5, 0.6) is 0 Å². The predicted octanol–water partition coefficient (Wildman–Crippen LogP) is 3.35. The van der Waals surface area contributed by atoms with Crippen molar-refractivity contribution in [1.29, 1.82) is 0 Å². The highest BCUT2D eigenvalue weighted by atomic mass is 127. The minimum Gasteiger partial charge on any atom is -0.391 e. The van der Waals surface area contributed by atoms with E-state index < -0.39 is 0 Å². The van der Waals surface area contributed by atoms with E-state index in [9.17, 15) is 5.11 Å². The van der Waals surface area contributed by atoms with Gasteiger partial charge in [-0.05, 0) is 5.56 Å². The van der Waals surface area contributed by atoms with Crippen LogP contribution in [-0.4, -0.2) is 13.1 Å². The molecule has 13 heavy (non-hydrogen) atoms. The van der Waals surface area contributed by atoms with Crippen molar-refractivity contribution in [3.63, 3.8) is 0 Å². The summed E-state index contributed by atoms with van der Waals surface area (Å²) >= 11 is 4.49. The lowest BCUT2D eigenvalue weighted by atomic mass is 9.97. The van der Waals surface area contributed by atoms with Crippen molar-refractivity contribution in [1.82, 2.24) is 0 Å². The average Bonchev–Trinajstić information content (AvgIpc) is 2.17. The standard InChI is InChI=1S/C10H12I2O/c1-7(9(13)10(11)12)8-5-3-2-4-6-8/h2-7,9-10,13H,1H3. The van der Waals surface area contributed by atoms with Crippen molar-refractivity contribution in [2.45, 2.75) is 20.9 Å². The molecule has 1 aromatic carbocycles. The monoisotopic (exact) mass is 402 g/mol. The number of benzene rings is 1. The zero-order chi connectivity index (χ0) is 9.84. The lowest BCUT2D eigenvalue weighted by molar-refractivity contribution is 0.172. The summed E-state index contributed by atoms with van der Waals surface area (Å²) in [5.74, 6) is 0.208. The molecule has 72 valence electrons. The van der Waals surface area contributed by atoms with Gasteiger partial charge in [0.05, 0.1) is 8.04 Å². The Morgan fingerprint density at radius 2 is 1.69 bits per heavy atom. The second-order valence-corrected chi connectivity index (χ2v) is 8.09. The molecule has 0 fully saturated rings. The Hall–Kier alpha value is 0.640. The zero-order valence-corrected chi connectivity index (χ0v) is 11.6. The summed E-state index contributed by atoms with van der Waals surface area (Å²) in [7, 11) is 0. The first-order valence-corrected chi connectivity index (χ1v) is 6.63. The minimum atomic E-state index is -0.274. The maximum Gasteiger partial charge on any atom is 0.0890 e. The first kappa shape index (κ1) is 11.7. The molecule has 0 amide bonds. The van der Waals surface area contributed by atoms with Crippen LogP contribution >= 0.6 is 45.2 Å². The molecule has 0 aliphatic carbocycles. The summed E-state index contributed by atoms with van der Waals surface area (Å²) in [4.78, 5) is 0. The molecule has 0 spiro atoms. The van der Waals surface area contributed by atoms with E-state index in [1.807, 2.05) is 18.2 Å². The van der Waals surface area contributed by atoms with Gasteiger partial charge in [0.2, 0.25) is 0 Å². The predicted molar refractivity (Wildman–Crippen MR) is 72.7 cm³/mol. The second-order valence-electron chi connectivity index (χ2n) is 3.02. The van der Waals surface area contributed by atoms with Gasteiger partial charge in [0.1, 0.15) is 0 Å². The molecule has 0 bridgehead atoms. The van der Waals surface area contributed by atoms with E-state index in [0.29, 0.717) is 0 Å². The minimum absolute atomic E-state index is 0.208. The molecule has 1 aromatic rings. The molecule has 2 atom stereocenters. The number of hydrogen-bond acceptors (Lipinski definition) is 1. The highest BCUT2D eigenvalue weighted by Crippen LogP contribution is 2.27. The molecular formula is C10H12I2O. The first-order chi connectivity index (χ1) is 6.13. The number of hydrogen-bond donors (Lipinski definition) is 1. The number of halogens is 2. The Balaban J connectivity index is 2.73. The fraction of sp³-hybridized carbons (Fsp3) is 0.400. The van der Waals surface area contributed by atoms with Gasteiger partial charge in [-0.1, -0.05) is 82.4 Å². The van der Waals surface area contributed by atoms with Gasteiger partial charge in [0.15, 0.2) is 0 Å². The van der Waals surface area contributed by atoms with Crippen LogP contribution in [0.25, 0.3) is 0 Å². The number of alkyl halides is 2. The fourth-order valence-electron chi connectivity index (χ4n) is 1.17. The van der Waals surface area contributed by atoms with E-state index >= 15 is 0 Å². The van der Waals surface area contributed by atoms with Crippen LogP contribution in [0.2, 0.25) is 0 Å². The third-order valence-electron chi connectivity index (χ3n) is 2.10. The van der Waals surface area contributed by atoms with Crippen molar-refractivity contribution in [2.75, 3.05) is 0 Å². The van der Waals surface area contributed by atoms with Crippen LogP contribution in [0.1, 0.15) is 18.4 Å². The van der Waals surface area contributed by atoms with Crippen molar-refractivity contribution >= 4 is 45.2 Å². The van der Waals surface area contributed by atoms with Crippen LogP contribution < -0.4 is 0 Å². The number of aliphatic hydroxyl groups is 1. The number of aliphatic hydroxyl groups excluding tert-OH is 1. The third kappa shape index (κ3) is 3.36. The van der Waals surface area contributed by atoms with Gasteiger partial charge in [-0.2, -0.15) is 0 Å². The molecule has 0 saturated carbocycles. The molecular weight excluding hydrogens is 390 g/mol. The van der Waals surface area contributed by atoms with Gasteiger partial charge in [0.25, 0.3) is 0 Å². The van der Waals surface area contributed by atoms with Crippen molar-refractivity contribution < 1.29 is 5.11 Å². The largest absolute Gasteiger partial charge is 0.391 e. The average molecular weight is 402 g/mol. The SMILES string of the molecule is CC(c1ccccc1)C(O)C(I)I. The molecule has 0 aliphatic heterocycles.